The Balaban J connectivity index is 1.46. The quantitative estimate of drug-likeness (QED) is 0.0690. The van der Waals surface area contributed by atoms with Gasteiger partial charge < -0.3 is 55.8 Å². The zero-order chi connectivity index (χ0) is 35.4. The monoisotopic (exact) mass is 742 g/mol. The number of ether oxygens (including phenoxy) is 2. The number of rotatable bonds is 14. The van der Waals surface area contributed by atoms with E-state index in [0.717, 1.165) is 10.9 Å². The van der Waals surface area contributed by atoms with Crippen LogP contribution in [0.2, 0.25) is 0 Å². The van der Waals surface area contributed by atoms with E-state index in [2.05, 4.69) is 44.0 Å². The molecule has 1 aromatic carbocycles. The second-order valence-electron chi connectivity index (χ2n) is 9.57. The van der Waals surface area contributed by atoms with Gasteiger partial charge in [0.15, 0.2) is 23.5 Å². The number of anilines is 2. The number of imidazole rings is 1. The Morgan fingerprint density at radius 3 is 2.46 bits per heavy atom. The molecular weight excluding hydrogens is 713 g/mol. The van der Waals surface area contributed by atoms with Crippen LogP contribution >= 0.6 is 23.5 Å². The number of phosphoric acid groups is 3. The van der Waals surface area contributed by atoms with Crippen molar-refractivity contribution >= 4 is 58.3 Å². The molecule has 1 saturated heterocycles. The van der Waals surface area contributed by atoms with Crippen LogP contribution in [0.3, 0.4) is 0 Å². The van der Waals surface area contributed by atoms with Crippen LogP contribution in [0, 0.1) is 0 Å². The summed E-state index contributed by atoms with van der Waals surface area (Å²) in [6.45, 7) is -1.38. The van der Waals surface area contributed by atoms with Gasteiger partial charge in [-0.3, -0.25) is 23.7 Å². The topological polar surface area (TPSA) is 358 Å². The number of aromatic nitrogens is 4. The van der Waals surface area contributed by atoms with E-state index >= 15 is 0 Å². The minimum atomic E-state index is -5.87. The molecule has 0 saturated carbocycles. The molecule has 11 N–H and O–H groups in total. The summed E-state index contributed by atoms with van der Waals surface area (Å²) >= 11 is 0. The molecule has 1 aliphatic heterocycles. The number of phosphoric ester groups is 1. The van der Waals surface area contributed by atoms with Gasteiger partial charge in [-0.05, 0) is 12.1 Å². The fourth-order valence-corrected chi connectivity index (χ4v) is 7.36. The van der Waals surface area contributed by atoms with Crippen LogP contribution in [0.1, 0.15) is 16.6 Å². The Hall–Kier alpha value is -3.76. The average molecular weight is 742 g/mol. The van der Waals surface area contributed by atoms with Crippen LogP contribution in [-0.2, 0) is 36.3 Å². The number of carbonyl (C=O) groups is 2. The molecule has 0 aliphatic carbocycles. The summed E-state index contributed by atoms with van der Waals surface area (Å²) in [7, 11) is -15.6. The fraction of sp³-hybridized carbons (Fsp3) is 0.381. The van der Waals surface area contributed by atoms with E-state index in [1.54, 1.807) is 31.3 Å². The first-order valence-corrected chi connectivity index (χ1v) is 17.8. The second kappa shape index (κ2) is 14.8. The van der Waals surface area contributed by atoms with Gasteiger partial charge in [0, 0.05) is 25.8 Å². The van der Waals surface area contributed by atoms with Gasteiger partial charge in [0.1, 0.15) is 12.2 Å². The predicted molar refractivity (Wildman–Crippen MR) is 159 cm³/mol. The Morgan fingerprint density at radius 2 is 1.77 bits per heavy atom. The largest absolute Gasteiger partial charge is 0.490 e. The molecule has 0 bridgehead atoms. The first-order valence-electron chi connectivity index (χ1n) is 13.2. The van der Waals surface area contributed by atoms with Crippen LogP contribution < -0.4 is 27.2 Å². The number of H-pyrrole nitrogens is 1. The van der Waals surface area contributed by atoms with Gasteiger partial charge in [0.2, 0.25) is 5.95 Å². The molecular formula is C21H29N8O16P3. The number of hydrogen-bond acceptors (Lipinski definition) is 16. The third-order valence-electron chi connectivity index (χ3n) is 6.22. The number of fused-ring (bicyclic) bond motifs is 1. The maximum atomic E-state index is 12.7. The van der Waals surface area contributed by atoms with Gasteiger partial charge in [0.25, 0.3) is 11.5 Å². The van der Waals surface area contributed by atoms with Gasteiger partial charge in [0.05, 0.1) is 18.5 Å². The lowest BCUT2D eigenvalue weighted by Gasteiger charge is -2.22. The fourth-order valence-electron chi connectivity index (χ4n) is 4.33. The molecule has 1 fully saturated rings. The van der Waals surface area contributed by atoms with Crippen LogP contribution in [0.15, 0.2) is 35.4 Å². The number of amides is 2. The number of aliphatic hydroxyl groups is 1. The summed E-state index contributed by atoms with van der Waals surface area (Å²) in [5.41, 5.74) is 5.33. The molecule has 2 aromatic heterocycles. The van der Waals surface area contributed by atoms with Crippen LogP contribution in [0.5, 0.6) is 0 Å². The lowest BCUT2D eigenvalue weighted by Crippen LogP contribution is -2.42. The van der Waals surface area contributed by atoms with E-state index < -0.39 is 72.2 Å². The molecule has 4 rings (SSSR count). The maximum Gasteiger partial charge on any atom is 0.490 e. The van der Waals surface area contributed by atoms with Gasteiger partial charge >= 0.3 is 29.6 Å². The number of benzene rings is 1. The Bertz CT molecular complexity index is 1870. The third kappa shape index (κ3) is 9.44. The van der Waals surface area contributed by atoms with Gasteiger partial charge in [-0.25, -0.2) is 23.5 Å². The van der Waals surface area contributed by atoms with E-state index in [0.29, 0.717) is 11.3 Å². The van der Waals surface area contributed by atoms with E-state index in [4.69, 9.17) is 25.0 Å². The standard InChI is InChI=1S/C21H29N8O16P3/c1-23-11-5-3-2-4-10(11)17(31)24-6-7-25-21(33)43-15-12(8-41-47(37,38)45-48(39,40)44-46(34,35)36)42-19(14(15)30)29-9-26-13-16(29)27-20(22)28-18(13)32/h2-5,9,12,14-15,19,23,30H,6-8H2,1H3,(H,24,31)(H,25,33)(H,37,38)(H,39,40)(H2,34,35,36)(H3,22,27,28,32)/t12-,14-,15-,19-/m1/s1. The van der Waals surface area contributed by atoms with Crippen molar-refractivity contribution in [3.8, 4) is 0 Å². The Labute approximate surface area is 268 Å². The summed E-state index contributed by atoms with van der Waals surface area (Å²) in [4.78, 5) is 84.1. The highest BCUT2D eigenvalue weighted by atomic mass is 31.3. The normalized spacial score (nSPS) is 22.0. The van der Waals surface area contributed by atoms with Gasteiger partial charge in [-0.1, -0.05) is 12.1 Å². The molecule has 3 aromatic rings. The van der Waals surface area contributed by atoms with Gasteiger partial charge in [-0.2, -0.15) is 13.6 Å². The number of alkyl carbamates (subject to hydrolysis) is 1. The minimum absolute atomic E-state index is 0.0730. The number of aromatic amines is 1. The van der Waals surface area contributed by atoms with E-state index in [1.165, 1.54) is 0 Å². The molecule has 6 atom stereocenters. The highest BCUT2D eigenvalue weighted by Crippen LogP contribution is 2.66. The van der Waals surface area contributed by atoms with Crippen molar-refractivity contribution < 1.29 is 70.6 Å². The molecule has 27 heteroatoms. The molecule has 0 spiro atoms. The summed E-state index contributed by atoms with van der Waals surface area (Å²) in [6.07, 6.45) is -6.96. The number of para-hydroxylation sites is 1. The molecule has 2 unspecified atom stereocenters. The lowest BCUT2D eigenvalue weighted by molar-refractivity contribution is -0.0508. The first kappa shape index (κ1) is 37.1. The predicted octanol–water partition coefficient (Wildman–Crippen LogP) is -1.13. The highest BCUT2D eigenvalue weighted by molar-refractivity contribution is 7.66. The average Bonchev–Trinajstić information content (AvgIpc) is 3.52. The summed E-state index contributed by atoms with van der Waals surface area (Å²) in [5, 5.41) is 18.9. The zero-order valence-corrected chi connectivity index (χ0v) is 27.0. The second-order valence-corrected chi connectivity index (χ2v) is 14.0. The minimum Gasteiger partial charge on any atom is -0.440 e. The molecule has 0 radical (unpaired) electrons. The molecule has 2 amide bonds. The number of aliphatic hydroxyl groups excluding tert-OH is 1. The third-order valence-corrected chi connectivity index (χ3v) is 10.0. The van der Waals surface area contributed by atoms with Crippen LogP contribution in [0.4, 0.5) is 16.4 Å². The number of nitrogens with zero attached hydrogens (tertiary/aromatic N) is 3. The summed E-state index contributed by atoms with van der Waals surface area (Å²) < 4.78 is 58.8. The highest BCUT2D eigenvalue weighted by Gasteiger charge is 2.49. The van der Waals surface area contributed by atoms with Crippen molar-refractivity contribution in [3.05, 3.63) is 46.5 Å². The first-order chi connectivity index (χ1) is 22.4. The summed E-state index contributed by atoms with van der Waals surface area (Å²) in [6, 6.07) is 6.64. The Kier molecular flexibility index (Phi) is 11.4. The van der Waals surface area contributed by atoms with Crippen molar-refractivity contribution in [2.45, 2.75) is 24.5 Å². The molecule has 264 valence electrons. The molecule has 3 heterocycles. The lowest BCUT2D eigenvalue weighted by atomic mass is 10.1. The van der Waals surface area contributed by atoms with Crippen molar-refractivity contribution in [2.75, 3.05) is 37.8 Å². The Morgan fingerprint density at radius 1 is 1.08 bits per heavy atom. The summed E-state index contributed by atoms with van der Waals surface area (Å²) in [5.74, 6) is -0.788. The van der Waals surface area contributed by atoms with Gasteiger partial charge in [-0.15, -0.1) is 0 Å². The van der Waals surface area contributed by atoms with Crippen LogP contribution in [-0.4, -0.2) is 101 Å². The number of nitrogens with two attached hydrogens (primary N) is 1. The zero-order valence-electron chi connectivity index (χ0n) is 24.3. The van der Waals surface area contributed by atoms with Crippen molar-refractivity contribution in [2.24, 2.45) is 0 Å². The SMILES string of the molecule is CNc1ccccc1C(=O)NCCNC(=O)O[C@H]1[C@@H](O)[C@H](n2cnc3c(=O)[nH]c(N)nc32)O[C@@H]1COP(=O)(O)OP(=O)(O)OP(=O)(O)O. The van der Waals surface area contributed by atoms with Crippen molar-refractivity contribution in [1.29, 1.82) is 0 Å². The number of carbonyl (C=O) groups excluding carboxylic acids is 2. The number of nitrogen functional groups attached to an aromatic ring is 1. The molecule has 48 heavy (non-hydrogen) atoms. The van der Waals surface area contributed by atoms with E-state index in [-0.39, 0.29) is 30.2 Å². The van der Waals surface area contributed by atoms with E-state index in [1.807, 2.05) is 0 Å². The molecule has 1 aliphatic rings. The van der Waals surface area contributed by atoms with Crippen molar-refractivity contribution in [3.63, 3.8) is 0 Å². The van der Waals surface area contributed by atoms with Crippen molar-refractivity contribution in [1.82, 2.24) is 30.2 Å². The number of nitrogens with one attached hydrogen (secondary N) is 4. The van der Waals surface area contributed by atoms with Crippen LogP contribution in [0.25, 0.3) is 11.2 Å². The smallest absolute Gasteiger partial charge is 0.440 e. The maximum absolute atomic E-state index is 12.7. The number of hydrogen-bond donors (Lipinski definition) is 10. The molecule has 24 nitrogen and oxygen atoms in total. The van der Waals surface area contributed by atoms with E-state index in [9.17, 15) is 43.0 Å².